The van der Waals surface area contributed by atoms with Crippen molar-refractivity contribution in [1.82, 2.24) is 4.98 Å². The van der Waals surface area contributed by atoms with Gasteiger partial charge in [0.1, 0.15) is 5.82 Å². The molecule has 1 aliphatic rings. The molecule has 5 nitrogen and oxygen atoms in total. The monoisotopic (exact) mass is 346 g/mol. The van der Waals surface area contributed by atoms with E-state index in [1.807, 2.05) is 6.07 Å². The van der Waals surface area contributed by atoms with E-state index in [-0.39, 0.29) is 23.9 Å². The van der Waals surface area contributed by atoms with Crippen LogP contribution in [0.2, 0.25) is 5.02 Å². The van der Waals surface area contributed by atoms with Crippen molar-refractivity contribution in [1.29, 1.82) is 0 Å². The van der Waals surface area contributed by atoms with Gasteiger partial charge in [-0.25, -0.2) is 4.39 Å². The summed E-state index contributed by atoms with van der Waals surface area (Å²) in [4.78, 5) is 15.0. The number of hydrogen-bond donors (Lipinski definition) is 2. The Morgan fingerprint density at radius 1 is 1.17 bits per heavy atom. The van der Waals surface area contributed by atoms with E-state index < -0.39 is 5.82 Å². The summed E-state index contributed by atoms with van der Waals surface area (Å²) in [7, 11) is 0. The summed E-state index contributed by atoms with van der Waals surface area (Å²) in [5.74, 6) is 0.783. The number of aromatic nitrogens is 1. The van der Waals surface area contributed by atoms with Crippen LogP contribution in [0, 0.1) is 5.82 Å². The number of rotatable bonds is 3. The first kappa shape index (κ1) is 14.8. The molecule has 0 unspecified atom stereocenters. The molecule has 24 heavy (non-hydrogen) atoms. The molecule has 3 aromatic rings. The van der Waals surface area contributed by atoms with Gasteiger partial charge in [-0.1, -0.05) is 11.6 Å². The highest BCUT2D eigenvalue weighted by atomic mass is 35.5. The van der Waals surface area contributed by atoms with E-state index in [9.17, 15) is 9.18 Å². The van der Waals surface area contributed by atoms with Crippen LogP contribution in [-0.2, 0) is 6.54 Å². The summed E-state index contributed by atoms with van der Waals surface area (Å²) in [6.07, 6.45) is 0. The van der Waals surface area contributed by atoms with Crippen molar-refractivity contribution < 1.29 is 13.9 Å². The van der Waals surface area contributed by atoms with Crippen LogP contribution in [0.15, 0.2) is 41.2 Å². The Labute approximate surface area is 141 Å². The lowest BCUT2D eigenvalue weighted by atomic mass is 10.1. The Morgan fingerprint density at radius 3 is 2.75 bits per heavy atom. The van der Waals surface area contributed by atoms with Crippen molar-refractivity contribution in [3.8, 4) is 11.5 Å². The van der Waals surface area contributed by atoms with Crippen LogP contribution < -0.4 is 20.3 Å². The van der Waals surface area contributed by atoms with Gasteiger partial charge in [-0.05, 0) is 30.3 Å². The smallest absolute Gasteiger partial charge is 0.253 e. The van der Waals surface area contributed by atoms with Crippen LogP contribution in [-0.4, -0.2) is 11.8 Å². The van der Waals surface area contributed by atoms with Crippen LogP contribution >= 0.6 is 11.6 Å². The van der Waals surface area contributed by atoms with E-state index in [0.29, 0.717) is 28.3 Å². The van der Waals surface area contributed by atoms with Gasteiger partial charge in [0.15, 0.2) is 11.5 Å². The molecule has 1 aliphatic heterocycles. The predicted molar refractivity (Wildman–Crippen MR) is 89.4 cm³/mol. The zero-order chi connectivity index (χ0) is 16.7. The fraction of sp³-hybridized carbons (Fsp3) is 0.118. The van der Waals surface area contributed by atoms with Crippen molar-refractivity contribution in [2.45, 2.75) is 6.54 Å². The van der Waals surface area contributed by atoms with Crippen LogP contribution in [0.5, 0.6) is 11.5 Å². The maximum absolute atomic E-state index is 13.2. The van der Waals surface area contributed by atoms with Gasteiger partial charge in [0.05, 0.1) is 10.5 Å². The molecule has 0 bridgehead atoms. The molecule has 2 N–H and O–H groups in total. The Kier molecular flexibility index (Phi) is 3.54. The van der Waals surface area contributed by atoms with Gasteiger partial charge < -0.3 is 19.8 Å². The largest absolute Gasteiger partial charge is 0.454 e. The standard InChI is InChI=1S/C17H12ClFN2O3/c18-12-5-11(1-2-13(12)19)20-7-10-3-9-4-15-16(24-8-23-15)6-14(9)21-17(10)22/h1-6,20H,7-8H2,(H,21,22). The molecular formula is C17H12ClFN2O3. The molecule has 0 spiro atoms. The van der Waals surface area contributed by atoms with Gasteiger partial charge >= 0.3 is 0 Å². The lowest BCUT2D eigenvalue weighted by Gasteiger charge is -2.08. The number of pyridine rings is 1. The average Bonchev–Trinajstić information content (AvgIpc) is 3.01. The van der Waals surface area contributed by atoms with E-state index in [2.05, 4.69) is 10.3 Å². The van der Waals surface area contributed by atoms with E-state index in [1.165, 1.54) is 12.1 Å². The third kappa shape index (κ3) is 2.65. The summed E-state index contributed by atoms with van der Waals surface area (Å²) < 4.78 is 23.8. The Balaban J connectivity index is 1.64. The van der Waals surface area contributed by atoms with E-state index in [1.54, 1.807) is 18.2 Å². The van der Waals surface area contributed by atoms with Gasteiger partial charge in [-0.15, -0.1) is 0 Å². The fourth-order valence-corrected chi connectivity index (χ4v) is 2.76. The summed E-state index contributed by atoms with van der Waals surface area (Å²) >= 11 is 5.75. The lowest BCUT2D eigenvalue weighted by molar-refractivity contribution is 0.174. The number of aromatic amines is 1. The molecule has 0 radical (unpaired) electrons. The predicted octanol–water partition coefficient (Wildman–Crippen LogP) is 3.66. The van der Waals surface area contributed by atoms with Gasteiger partial charge in [0, 0.05) is 29.2 Å². The van der Waals surface area contributed by atoms with Gasteiger partial charge in [0.25, 0.3) is 5.56 Å². The highest BCUT2D eigenvalue weighted by Crippen LogP contribution is 2.35. The second-order valence-corrected chi connectivity index (χ2v) is 5.81. The number of nitrogens with one attached hydrogen (secondary N) is 2. The van der Waals surface area contributed by atoms with Crippen LogP contribution in [0.4, 0.5) is 10.1 Å². The van der Waals surface area contributed by atoms with E-state index >= 15 is 0 Å². The molecule has 0 fully saturated rings. The molecule has 122 valence electrons. The first-order valence-corrected chi connectivity index (χ1v) is 7.62. The third-order valence-corrected chi connectivity index (χ3v) is 4.11. The second-order valence-electron chi connectivity index (χ2n) is 5.40. The molecule has 0 aliphatic carbocycles. The molecule has 2 heterocycles. The molecule has 0 saturated carbocycles. The summed E-state index contributed by atoms with van der Waals surface area (Å²) in [6.45, 7) is 0.456. The highest BCUT2D eigenvalue weighted by Gasteiger charge is 2.15. The van der Waals surface area contributed by atoms with Gasteiger partial charge in [-0.2, -0.15) is 0 Å². The third-order valence-electron chi connectivity index (χ3n) is 3.82. The first-order valence-electron chi connectivity index (χ1n) is 7.24. The molecule has 1 aromatic heterocycles. The van der Waals surface area contributed by atoms with Crippen molar-refractivity contribution >= 4 is 28.2 Å². The second kappa shape index (κ2) is 5.72. The summed E-state index contributed by atoms with van der Waals surface area (Å²) in [5, 5.41) is 3.93. The molecule has 0 atom stereocenters. The number of fused-ring (bicyclic) bond motifs is 2. The summed E-state index contributed by atoms with van der Waals surface area (Å²) in [6, 6.07) is 9.67. The number of benzene rings is 2. The van der Waals surface area contributed by atoms with Crippen molar-refractivity contribution in [2.24, 2.45) is 0 Å². The van der Waals surface area contributed by atoms with E-state index in [4.69, 9.17) is 21.1 Å². The van der Waals surface area contributed by atoms with Crippen molar-refractivity contribution in [3.05, 3.63) is 63.2 Å². The molecule has 7 heteroatoms. The molecule has 0 amide bonds. The van der Waals surface area contributed by atoms with Crippen LogP contribution in [0.3, 0.4) is 0 Å². The van der Waals surface area contributed by atoms with Crippen molar-refractivity contribution in [3.63, 3.8) is 0 Å². The lowest BCUT2D eigenvalue weighted by Crippen LogP contribution is -2.15. The minimum atomic E-state index is -0.484. The van der Waals surface area contributed by atoms with Crippen LogP contribution in [0.1, 0.15) is 5.56 Å². The maximum Gasteiger partial charge on any atom is 0.253 e. The maximum atomic E-state index is 13.2. The molecule has 2 aromatic carbocycles. The van der Waals surface area contributed by atoms with E-state index in [0.717, 1.165) is 5.39 Å². The number of anilines is 1. The Morgan fingerprint density at radius 2 is 1.96 bits per heavy atom. The molecule has 0 saturated heterocycles. The number of H-pyrrole nitrogens is 1. The number of halogens is 2. The number of hydrogen-bond acceptors (Lipinski definition) is 4. The minimum absolute atomic E-state index is 0.0279. The highest BCUT2D eigenvalue weighted by molar-refractivity contribution is 6.31. The SMILES string of the molecule is O=c1[nH]c2cc3c(cc2cc1CNc1ccc(F)c(Cl)c1)OCO3. The van der Waals surface area contributed by atoms with Crippen LogP contribution in [0.25, 0.3) is 10.9 Å². The molecule has 4 rings (SSSR count). The van der Waals surface area contributed by atoms with Gasteiger partial charge in [-0.3, -0.25) is 4.79 Å². The summed E-state index contributed by atoms with van der Waals surface area (Å²) in [5.41, 5.74) is 1.65. The average molecular weight is 347 g/mol. The minimum Gasteiger partial charge on any atom is -0.454 e. The number of ether oxygens (including phenoxy) is 2. The van der Waals surface area contributed by atoms with Gasteiger partial charge in [0.2, 0.25) is 6.79 Å². The fourth-order valence-electron chi connectivity index (χ4n) is 2.58. The van der Waals surface area contributed by atoms with Crippen molar-refractivity contribution in [2.75, 3.05) is 12.1 Å². The molecular weight excluding hydrogens is 335 g/mol. The first-order chi connectivity index (χ1) is 11.6. The quantitative estimate of drug-likeness (QED) is 0.759. The normalized spacial score (nSPS) is 12.6. The Hall–Kier alpha value is -2.73. The zero-order valence-corrected chi connectivity index (χ0v) is 13.1. The topological polar surface area (TPSA) is 63.4 Å². The Bertz CT molecular complexity index is 1000. The zero-order valence-electron chi connectivity index (χ0n) is 12.4.